The van der Waals surface area contributed by atoms with Crippen molar-refractivity contribution in [2.75, 3.05) is 0 Å². The molecule has 0 bridgehead atoms. The number of hydrogen-bond donors (Lipinski definition) is 3. The fourth-order valence-corrected chi connectivity index (χ4v) is 7.86. The van der Waals surface area contributed by atoms with Gasteiger partial charge in [-0.15, -0.1) is 0 Å². The molecule has 0 aliphatic carbocycles. The van der Waals surface area contributed by atoms with Crippen molar-refractivity contribution >= 4 is 15.9 Å². The third-order valence-electron chi connectivity index (χ3n) is 10.9. The molecular weight excluding hydrogens is 564 g/mol. The van der Waals surface area contributed by atoms with Crippen molar-refractivity contribution in [1.29, 1.82) is 0 Å². The molecule has 39 heavy (non-hydrogen) atoms. The topological polar surface area (TPSA) is 97.6 Å². The van der Waals surface area contributed by atoms with Gasteiger partial charge in [-0.1, -0.05) is 15.9 Å². The Kier molecular flexibility index (Phi) is 8.59. The number of rotatable bonds is 7. The van der Waals surface area contributed by atoms with Crippen LogP contribution in [0.4, 0.5) is 0 Å². The summed E-state index contributed by atoms with van der Waals surface area (Å²) in [6.07, 6.45) is 6.38. The summed E-state index contributed by atoms with van der Waals surface area (Å²) in [5, 5.41) is 31.6. The summed E-state index contributed by atoms with van der Waals surface area (Å²) in [5.74, 6) is 0. The van der Waals surface area contributed by atoms with Crippen molar-refractivity contribution in [1.82, 2.24) is 0 Å². The van der Waals surface area contributed by atoms with Gasteiger partial charge in [-0.25, -0.2) is 0 Å². The van der Waals surface area contributed by atoms with E-state index in [0.29, 0.717) is 12.8 Å². The SMILES string of the molecule is CC(O)(CC[C@@H](O)C(C)(C)O)C1CCC(C)(C2CCC([C@@]3(C)CC[C@]4(C)OC(C)(C)[C@H](Br)CC[C@@]4(C)O3)O2)O1. The first-order valence-corrected chi connectivity index (χ1v) is 16.1. The Balaban J connectivity index is 1.40. The molecule has 0 aromatic rings. The Bertz CT molecular complexity index is 889. The van der Waals surface area contributed by atoms with Gasteiger partial charge in [-0.3, -0.25) is 0 Å². The quantitative estimate of drug-likeness (QED) is 0.321. The average Bonchev–Trinajstić information content (AvgIpc) is 3.46. The molecule has 7 nitrogen and oxygen atoms in total. The summed E-state index contributed by atoms with van der Waals surface area (Å²) < 4.78 is 27.2. The average molecular weight is 620 g/mol. The van der Waals surface area contributed by atoms with E-state index in [4.69, 9.17) is 18.9 Å². The van der Waals surface area contributed by atoms with E-state index in [1.807, 2.05) is 0 Å². The van der Waals surface area contributed by atoms with Crippen LogP contribution >= 0.6 is 15.9 Å². The van der Waals surface area contributed by atoms with E-state index in [2.05, 4.69) is 57.5 Å². The molecule has 0 aromatic carbocycles. The zero-order valence-corrected chi connectivity index (χ0v) is 27.4. The largest absolute Gasteiger partial charge is 0.390 e. The first-order chi connectivity index (χ1) is 17.6. The van der Waals surface area contributed by atoms with Crippen molar-refractivity contribution in [3.05, 3.63) is 0 Å². The van der Waals surface area contributed by atoms with Crippen LogP contribution in [-0.2, 0) is 18.9 Å². The number of aliphatic hydroxyl groups excluding tert-OH is 1. The Morgan fingerprint density at radius 2 is 1.38 bits per heavy atom. The second-order valence-corrected chi connectivity index (χ2v) is 16.4. The number of alkyl halides is 1. The van der Waals surface area contributed by atoms with Crippen LogP contribution in [0.15, 0.2) is 0 Å². The highest BCUT2D eigenvalue weighted by atomic mass is 79.9. The molecule has 4 aliphatic rings. The van der Waals surface area contributed by atoms with Gasteiger partial charge >= 0.3 is 0 Å². The third-order valence-corrected chi connectivity index (χ3v) is 12.5. The molecule has 0 amide bonds. The maximum Gasteiger partial charge on any atom is 0.0949 e. The number of fused-ring (bicyclic) bond motifs is 1. The lowest BCUT2D eigenvalue weighted by molar-refractivity contribution is -0.312. The Hall–Kier alpha value is 0.200. The van der Waals surface area contributed by atoms with Crippen LogP contribution in [0.3, 0.4) is 0 Å². The van der Waals surface area contributed by atoms with Crippen molar-refractivity contribution in [2.45, 2.75) is 195 Å². The fourth-order valence-electron chi connectivity index (χ4n) is 7.53. The van der Waals surface area contributed by atoms with E-state index in [-0.39, 0.29) is 34.3 Å². The first-order valence-electron chi connectivity index (χ1n) is 15.2. The minimum absolute atomic E-state index is 0.0261. The van der Waals surface area contributed by atoms with Gasteiger partial charge in [0.25, 0.3) is 0 Å². The molecule has 0 radical (unpaired) electrons. The molecule has 4 fully saturated rings. The molecule has 4 heterocycles. The zero-order valence-electron chi connectivity index (χ0n) is 25.8. The predicted molar refractivity (Wildman–Crippen MR) is 155 cm³/mol. The molecule has 228 valence electrons. The van der Waals surface area contributed by atoms with Crippen LogP contribution < -0.4 is 0 Å². The summed E-state index contributed by atoms with van der Waals surface area (Å²) in [7, 11) is 0. The number of aliphatic hydroxyl groups is 3. The van der Waals surface area contributed by atoms with Gasteiger partial charge in [-0.2, -0.15) is 0 Å². The molecule has 0 spiro atoms. The van der Waals surface area contributed by atoms with Gasteiger partial charge in [0.05, 0.1) is 63.6 Å². The summed E-state index contributed by atoms with van der Waals surface area (Å²) >= 11 is 3.87. The lowest BCUT2D eigenvalue weighted by Gasteiger charge is -2.57. The summed E-state index contributed by atoms with van der Waals surface area (Å²) in [4.78, 5) is 0.272. The minimum atomic E-state index is -1.20. The maximum atomic E-state index is 11.2. The smallest absolute Gasteiger partial charge is 0.0949 e. The van der Waals surface area contributed by atoms with Gasteiger partial charge in [0.1, 0.15) is 0 Å². The summed E-state index contributed by atoms with van der Waals surface area (Å²) in [6, 6.07) is 0. The van der Waals surface area contributed by atoms with Crippen molar-refractivity contribution in [3.63, 3.8) is 0 Å². The lowest BCUT2D eigenvalue weighted by Crippen LogP contribution is -2.65. The van der Waals surface area contributed by atoms with E-state index < -0.39 is 34.1 Å². The standard InChI is InChI=1S/C31H55BrO7/c1-25(2,34)21(33)13-15-27(5,35)22-14-16-28(6,37-22)23-10-11-24(36-23)29(7)18-19-31(9)30(8,39-29)17-12-20(32)26(3,4)38-31/h20-24,33-35H,10-19H2,1-9H3/t20-,21-,22?,23?,24?,27?,28?,29-,30-,31+/m1/s1. The van der Waals surface area contributed by atoms with Crippen LogP contribution in [0.25, 0.3) is 0 Å². The van der Waals surface area contributed by atoms with Crippen molar-refractivity contribution in [3.8, 4) is 0 Å². The van der Waals surface area contributed by atoms with Crippen LogP contribution in [0.1, 0.15) is 127 Å². The summed E-state index contributed by atoms with van der Waals surface area (Å²) in [6.45, 7) is 18.1. The minimum Gasteiger partial charge on any atom is -0.390 e. The normalized spacial score (nSPS) is 47.3. The van der Waals surface area contributed by atoms with E-state index in [0.717, 1.165) is 51.4 Å². The second-order valence-electron chi connectivity index (χ2n) is 15.3. The van der Waals surface area contributed by atoms with Crippen molar-refractivity contribution < 1.29 is 34.3 Å². The third kappa shape index (κ3) is 6.15. The number of halogens is 1. The summed E-state index contributed by atoms with van der Waals surface area (Å²) in [5.41, 5.74) is -4.23. The predicted octanol–water partition coefficient (Wildman–Crippen LogP) is 5.57. The van der Waals surface area contributed by atoms with Crippen molar-refractivity contribution in [2.24, 2.45) is 0 Å². The molecule has 3 N–H and O–H groups in total. The van der Waals surface area contributed by atoms with Gasteiger partial charge in [0.2, 0.25) is 0 Å². The molecule has 4 rings (SSSR count). The molecule has 0 saturated carbocycles. The Morgan fingerprint density at radius 3 is 2.00 bits per heavy atom. The lowest BCUT2D eigenvalue weighted by atomic mass is 9.72. The van der Waals surface area contributed by atoms with Crippen LogP contribution in [0, 0.1) is 0 Å². The molecular formula is C31H55BrO7. The first kappa shape index (κ1) is 32.1. The monoisotopic (exact) mass is 618 g/mol. The number of hydrogen-bond acceptors (Lipinski definition) is 7. The second kappa shape index (κ2) is 10.4. The molecule has 4 aliphatic heterocycles. The van der Waals surface area contributed by atoms with Crippen LogP contribution in [0.5, 0.6) is 0 Å². The van der Waals surface area contributed by atoms with Gasteiger partial charge < -0.3 is 34.3 Å². The molecule has 4 saturated heterocycles. The Labute approximate surface area is 244 Å². The van der Waals surface area contributed by atoms with Gasteiger partial charge in [0.15, 0.2) is 0 Å². The maximum absolute atomic E-state index is 11.2. The van der Waals surface area contributed by atoms with Gasteiger partial charge in [-0.05, 0) is 127 Å². The number of ether oxygens (including phenoxy) is 4. The molecule has 0 aromatic heterocycles. The molecule has 5 unspecified atom stereocenters. The van der Waals surface area contributed by atoms with E-state index >= 15 is 0 Å². The highest BCUT2D eigenvalue weighted by Crippen LogP contribution is 2.55. The van der Waals surface area contributed by atoms with E-state index in [1.165, 1.54) is 0 Å². The highest BCUT2D eigenvalue weighted by molar-refractivity contribution is 9.09. The van der Waals surface area contributed by atoms with Crippen LogP contribution in [-0.4, -0.2) is 83.8 Å². The van der Waals surface area contributed by atoms with E-state index in [9.17, 15) is 15.3 Å². The highest BCUT2D eigenvalue weighted by Gasteiger charge is 2.61. The Morgan fingerprint density at radius 1 is 0.795 bits per heavy atom. The molecule has 10 atom stereocenters. The van der Waals surface area contributed by atoms with Gasteiger partial charge in [0, 0.05) is 4.83 Å². The molecule has 8 heteroatoms. The fraction of sp³-hybridized carbons (Fsp3) is 1.00. The van der Waals surface area contributed by atoms with Crippen LogP contribution in [0.2, 0.25) is 0 Å². The van der Waals surface area contributed by atoms with E-state index in [1.54, 1.807) is 20.8 Å². The zero-order chi connectivity index (χ0) is 29.3.